The number of nitrogens with zero attached hydrogens (tertiary/aromatic N) is 2. The van der Waals surface area contributed by atoms with Gasteiger partial charge in [-0.1, -0.05) is 30.3 Å². The molecule has 2 aromatic carbocycles. The third kappa shape index (κ3) is 7.64. The van der Waals surface area contributed by atoms with Gasteiger partial charge in [-0.25, -0.2) is 9.87 Å². The lowest BCUT2D eigenvalue weighted by Crippen LogP contribution is -2.68. The van der Waals surface area contributed by atoms with Gasteiger partial charge in [-0.3, -0.25) is 19.3 Å². The minimum Gasteiger partial charge on any atom is -0.381 e. The SMILES string of the molecule is CNOC(N(C=O)Cc1c(C)cccc1NCc1cccc(CN2CC(C)OC(C)C2)c1F)C(O)(O)C(O)(O)C=O. The fourth-order valence-electron chi connectivity index (χ4n) is 4.93. The molecule has 3 rings (SSSR count). The lowest BCUT2D eigenvalue weighted by molar-refractivity contribution is -0.388. The highest BCUT2D eigenvalue weighted by atomic mass is 19.1. The average Bonchev–Trinajstić information content (AvgIpc) is 2.91. The second-order valence-corrected chi connectivity index (χ2v) is 10.3. The largest absolute Gasteiger partial charge is 0.381 e. The van der Waals surface area contributed by atoms with Crippen molar-refractivity contribution in [1.82, 2.24) is 15.3 Å². The topological polar surface area (TPSA) is 164 Å². The van der Waals surface area contributed by atoms with Crippen LogP contribution in [0, 0.1) is 12.7 Å². The Hall–Kier alpha value is -3.01. The van der Waals surface area contributed by atoms with E-state index in [1.807, 2.05) is 13.8 Å². The van der Waals surface area contributed by atoms with Crippen LogP contribution in [0.15, 0.2) is 36.4 Å². The molecule has 1 saturated heterocycles. The molecule has 1 aliphatic rings. The molecule has 3 atom stereocenters. The second kappa shape index (κ2) is 13.8. The molecule has 0 radical (unpaired) electrons. The number of hydrogen-bond acceptors (Lipinski definition) is 11. The minimum absolute atomic E-state index is 0.0573. The third-order valence-electron chi connectivity index (χ3n) is 6.98. The van der Waals surface area contributed by atoms with Crippen LogP contribution >= 0.6 is 0 Å². The number of carbonyl (C=O) groups excluding carboxylic acids is 2. The molecule has 2 aromatic rings. The van der Waals surface area contributed by atoms with Crippen molar-refractivity contribution in [2.24, 2.45) is 0 Å². The monoisotopic (exact) mass is 578 g/mol. The van der Waals surface area contributed by atoms with E-state index in [-0.39, 0.29) is 37.5 Å². The number of rotatable bonds is 14. The van der Waals surface area contributed by atoms with Gasteiger partial charge in [-0.2, -0.15) is 0 Å². The summed E-state index contributed by atoms with van der Waals surface area (Å²) in [4.78, 5) is 31.1. The molecule has 1 aliphatic heterocycles. The Kier molecular flexibility index (Phi) is 10.9. The van der Waals surface area contributed by atoms with Gasteiger partial charge in [-0.05, 0) is 38.0 Å². The number of nitrogens with one attached hydrogen (secondary N) is 2. The summed E-state index contributed by atoms with van der Waals surface area (Å²) in [5.74, 6) is -7.61. The highest BCUT2D eigenvalue weighted by Gasteiger charge is 2.57. The van der Waals surface area contributed by atoms with Crippen LogP contribution in [-0.4, -0.2) is 93.1 Å². The first-order valence-corrected chi connectivity index (χ1v) is 13.2. The van der Waals surface area contributed by atoms with E-state index in [0.717, 1.165) is 4.90 Å². The van der Waals surface area contributed by atoms with Gasteiger partial charge < -0.3 is 35.4 Å². The second-order valence-electron chi connectivity index (χ2n) is 10.3. The molecule has 41 heavy (non-hydrogen) atoms. The van der Waals surface area contributed by atoms with Crippen molar-refractivity contribution < 1.29 is 44.0 Å². The van der Waals surface area contributed by atoms with Gasteiger partial charge in [0.2, 0.25) is 12.6 Å². The molecule has 1 fully saturated rings. The van der Waals surface area contributed by atoms with Crippen LogP contribution in [0.4, 0.5) is 10.1 Å². The Bertz CT molecular complexity index is 1190. The molecular weight excluding hydrogens is 539 g/mol. The summed E-state index contributed by atoms with van der Waals surface area (Å²) in [6, 6.07) is 10.4. The van der Waals surface area contributed by atoms with Crippen LogP contribution < -0.4 is 10.8 Å². The van der Waals surface area contributed by atoms with Gasteiger partial charge >= 0.3 is 0 Å². The van der Waals surface area contributed by atoms with Crippen LogP contribution in [-0.2, 0) is 38.8 Å². The van der Waals surface area contributed by atoms with Gasteiger partial charge in [0.15, 0.2) is 6.29 Å². The third-order valence-corrected chi connectivity index (χ3v) is 6.98. The predicted molar refractivity (Wildman–Crippen MR) is 146 cm³/mol. The summed E-state index contributed by atoms with van der Waals surface area (Å²) < 4.78 is 21.3. The van der Waals surface area contributed by atoms with E-state index in [1.54, 1.807) is 43.3 Å². The molecule has 6 N–H and O–H groups in total. The maximum atomic E-state index is 15.5. The van der Waals surface area contributed by atoms with Crippen LogP contribution in [0.5, 0.6) is 0 Å². The van der Waals surface area contributed by atoms with Crippen molar-refractivity contribution in [1.29, 1.82) is 0 Å². The summed E-state index contributed by atoms with van der Waals surface area (Å²) in [6.07, 6.45) is -2.30. The number of amides is 1. The number of aryl methyl sites for hydroxylation is 1. The van der Waals surface area contributed by atoms with Crippen LogP contribution in [0.3, 0.4) is 0 Å². The summed E-state index contributed by atoms with van der Waals surface area (Å²) >= 11 is 0. The zero-order chi connectivity index (χ0) is 30.4. The zero-order valence-electron chi connectivity index (χ0n) is 23.6. The van der Waals surface area contributed by atoms with Crippen molar-refractivity contribution in [3.63, 3.8) is 0 Å². The zero-order valence-corrected chi connectivity index (χ0v) is 23.6. The normalized spacial score (nSPS) is 19.0. The quantitative estimate of drug-likeness (QED) is 0.104. The molecule has 13 heteroatoms. The number of anilines is 1. The minimum atomic E-state index is -3.66. The number of benzene rings is 2. The Balaban J connectivity index is 1.82. The predicted octanol–water partition coefficient (Wildman–Crippen LogP) is 0.352. The van der Waals surface area contributed by atoms with E-state index in [0.29, 0.717) is 47.6 Å². The first-order chi connectivity index (χ1) is 19.3. The number of hydroxylamine groups is 1. The van der Waals surface area contributed by atoms with Crippen LogP contribution in [0.2, 0.25) is 0 Å². The molecule has 0 aliphatic carbocycles. The van der Waals surface area contributed by atoms with Crippen molar-refractivity contribution >= 4 is 18.4 Å². The Labute approximate surface area is 238 Å². The molecule has 12 nitrogen and oxygen atoms in total. The molecule has 3 unspecified atom stereocenters. The molecule has 1 amide bonds. The number of halogens is 1. The molecule has 0 spiro atoms. The van der Waals surface area contributed by atoms with E-state index in [1.165, 1.54) is 7.05 Å². The maximum absolute atomic E-state index is 15.5. The standard InChI is InChI=1S/C28H39FN4O8/c1-18-7-5-10-24(23(18)15-33(17-35)26(41-30-4)28(38,39)27(36,37)16-34)31-11-21-8-6-9-22(25(21)29)14-32-12-19(2)40-20(3)13-32/h5-10,16-17,19-20,26,30-31,36-39H,11-15H2,1-4H3. The van der Waals surface area contributed by atoms with Crippen molar-refractivity contribution in [2.75, 3.05) is 25.5 Å². The summed E-state index contributed by atoms with van der Waals surface area (Å²) in [5, 5.41) is 43.7. The lowest BCUT2D eigenvalue weighted by Gasteiger charge is -2.40. The van der Waals surface area contributed by atoms with E-state index < -0.39 is 24.1 Å². The number of morpholine rings is 1. The van der Waals surface area contributed by atoms with Crippen LogP contribution in [0.1, 0.15) is 36.1 Å². The van der Waals surface area contributed by atoms with E-state index in [9.17, 15) is 30.0 Å². The maximum Gasteiger partial charge on any atom is 0.281 e. The number of carbonyl (C=O) groups is 2. The highest BCUT2D eigenvalue weighted by molar-refractivity contribution is 5.62. The van der Waals surface area contributed by atoms with E-state index >= 15 is 4.39 Å². The molecule has 0 bridgehead atoms. The van der Waals surface area contributed by atoms with Gasteiger partial charge in [0.1, 0.15) is 5.82 Å². The average molecular weight is 579 g/mol. The fourth-order valence-corrected chi connectivity index (χ4v) is 4.93. The number of ether oxygens (including phenoxy) is 1. The summed E-state index contributed by atoms with van der Waals surface area (Å²) in [6.45, 7) is 7.38. The lowest BCUT2D eigenvalue weighted by atomic mass is 10.0. The summed E-state index contributed by atoms with van der Waals surface area (Å²) in [7, 11) is 1.24. The van der Waals surface area contributed by atoms with Crippen LogP contribution in [0.25, 0.3) is 0 Å². The van der Waals surface area contributed by atoms with E-state index in [2.05, 4.69) is 15.7 Å². The highest BCUT2D eigenvalue weighted by Crippen LogP contribution is 2.28. The first-order valence-electron chi connectivity index (χ1n) is 13.2. The summed E-state index contributed by atoms with van der Waals surface area (Å²) in [5.41, 5.74) is 4.85. The van der Waals surface area contributed by atoms with Gasteiger partial charge in [0.05, 0.1) is 18.8 Å². The van der Waals surface area contributed by atoms with Crippen molar-refractivity contribution in [3.8, 4) is 0 Å². The van der Waals surface area contributed by atoms with Crippen molar-refractivity contribution in [2.45, 2.75) is 70.4 Å². The Morgan fingerprint density at radius 3 is 2.37 bits per heavy atom. The fraction of sp³-hybridized carbons (Fsp3) is 0.500. The van der Waals surface area contributed by atoms with Gasteiger partial charge in [-0.15, -0.1) is 0 Å². The number of aliphatic hydroxyl groups is 4. The smallest absolute Gasteiger partial charge is 0.281 e. The Morgan fingerprint density at radius 2 is 1.76 bits per heavy atom. The van der Waals surface area contributed by atoms with Gasteiger partial charge in [0, 0.05) is 50.0 Å². The number of hydrogen-bond donors (Lipinski definition) is 6. The van der Waals surface area contributed by atoms with Crippen molar-refractivity contribution in [3.05, 3.63) is 64.5 Å². The molecule has 0 saturated carbocycles. The molecular formula is C28H39FN4O8. The molecule has 1 heterocycles. The van der Waals surface area contributed by atoms with E-state index in [4.69, 9.17) is 9.57 Å². The first kappa shape index (κ1) is 32.5. The molecule has 0 aromatic heterocycles. The number of aldehydes is 1. The Morgan fingerprint density at radius 1 is 1.12 bits per heavy atom. The van der Waals surface area contributed by atoms with Gasteiger partial charge in [0.25, 0.3) is 11.6 Å². The molecule has 226 valence electrons.